The summed E-state index contributed by atoms with van der Waals surface area (Å²) in [5.41, 5.74) is 8.08. The Bertz CT molecular complexity index is 363. The van der Waals surface area contributed by atoms with Crippen LogP contribution in [0.15, 0.2) is 24.3 Å². The largest absolute Gasteiger partial charge is 0.328 e. The van der Waals surface area contributed by atoms with Gasteiger partial charge < -0.3 is 5.73 Å². The summed E-state index contributed by atoms with van der Waals surface area (Å²) in [4.78, 5) is 0. The zero-order valence-electron chi connectivity index (χ0n) is 10.3. The molecule has 1 aromatic rings. The molecular formula is C13H21NOS. The van der Waals surface area contributed by atoms with Gasteiger partial charge in [0.1, 0.15) is 0 Å². The van der Waals surface area contributed by atoms with E-state index >= 15 is 0 Å². The highest BCUT2D eigenvalue weighted by atomic mass is 32.2. The molecule has 3 atom stereocenters. The summed E-state index contributed by atoms with van der Waals surface area (Å²) in [5, 5.41) is 0.167. The lowest BCUT2D eigenvalue weighted by Gasteiger charge is -2.13. The van der Waals surface area contributed by atoms with Crippen LogP contribution in [-0.4, -0.2) is 15.5 Å². The number of hydrogen-bond acceptors (Lipinski definition) is 2. The zero-order valence-corrected chi connectivity index (χ0v) is 11.1. The molecule has 2 nitrogen and oxygen atoms in total. The van der Waals surface area contributed by atoms with Gasteiger partial charge in [-0.05, 0) is 25.8 Å². The SMILES string of the molecule is Cc1cccc(CS(=O)C(C)CC(C)N)c1. The third kappa shape index (κ3) is 4.45. The first-order chi connectivity index (χ1) is 7.49. The van der Waals surface area contributed by atoms with Crippen molar-refractivity contribution >= 4 is 10.8 Å². The monoisotopic (exact) mass is 239 g/mol. The minimum Gasteiger partial charge on any atom is -0.328 e. The molecule has 0 heterocycles. The first kappa shape index (κ1) is 13.4. The van der Waals surface area contributed by atoms with Gasteiger partial charge in [-0.2, -0.15) is 0 Å². The first-order valence-electron chi connectivity index (χ1n) is 5.67. The lowest BCUT2D eigenvalue weighted by atomic mass is 10.2. The number of nitrogens with two attached hydrogens (primary N) is 1. The van der Waals surface area contributed by atoms with Crippen molar-refractivity contribution in [3.8, 4) is 0 Å². The number of benzene rings is 1. The van der Waals surface area contributed by atoms with E-state index in [-0.39, 0.29) is 11.3 Å². The normalized spacial score (nSPS) is 16.8. The van der Waals surface area contributed by atoms with Gasteiger partial charge in [0.25, 0.3) is 0 Å². The van der Waals surface area contributed by atoms with Crippen molar-refractivity contribution < 1.29 is 4.21 Å². The van der Waals surface area contributed by atoms with E-state index < -0.39 is 10.8 Å². The Morgan fingerprint density at radius 1 is 1.38 bits per heavy atom. The topological polar surface area (TPSA) is 43.1 Å². The third-order valence-electron chi connectivity index (χ3n) is 2.54. The molecule has 1 aromatic carbocycles. The molecule has 0 saturated carbocycles. The Morgan fingerprint density at radius 2 is 2.06 bits per heavy atom. The second-order valence-electron chi connectivity index (χ2n) is 4.54. The predicted octanol–water partition coefficient (Wildman–Crippen LogP) is 2.37. The Labute approximate surface area is 101 Å². The van der Waals surface area contributed by atoms with Crippen molar-refractivity contribution in [3.63, 3.8) is 0 Å². The van der Waals surface area contributed by atoms with Gasteiger partial charge in [-0.3, -0.25) is 4.21 Å². The fourth-order valence-corrected chi connectivity index (χ4v) is 3.05. The second-order valence-corrected chi connectivity index (χ2v) is 6.39. The van der Waals surface area contributed by atoms with Gasteiger partial charge in [-0.1, -0.05) is 36.8 Å². The van der Waals surface area contributed by atoms with Crippen LogP contribution in [0.3, 0.4) is 0 Å². The van der Waals surface area contributed by atoms with Crippen LogP contribution in [0.5, 0.6) is 0 Å². The number of hydrogen-bond donors (Lipinski definition) is 1. The van der Waals surface area contributed by atoms with Crippen LogP contribution < -0.4 is 5.73 Å². The second kappa shape index (κ2) is 6.16. The fraction of sp³-hybridized carbons (Fsp3) is 0.538. The molecular weight excluding hydrogens is 218 g/mol. The van der Waals surface area contributed by atoms with E-state index in [1.54, 1.807) is 0 Å². The van der Waals surface area contributed by atoms with Crippen molar-refractivity contribution in [1.29, 1.82) is 0 Å². The summed E-state index contributed by atoms with van der Waals surface area (Å²) < 4.78 is 12.0. The van der Waals surface area contributed by atoms with E-state index in [1.807, 2.05) is 26.0 Å². The Kier molecular flexibility index (Phi) is 5.16. The maximum atomic E-state index is 12.0. The van der Waals surface area contributed by atoms with Gasteiger partial charge in [0.2, 0.25) is 0 Å². The standard InChI is InChI=1S/C13H21NOS/c1-10-5-4-6-13(7-10)9-16(15)12(3)8-11(2)14/h4-7,11-12H,8-9,14H2,1-3H3. The highest BCUT2D eigenvalue weighted by molar-refractivity contribution is 7.84. The first-order valence-corrected chi connectivity index (χ1v) is 7.05. The number of rotatable bonds is 5. The average Bonchev–Trinajstić information content (AvgIpc) is 2.16. The molecule has 0 aliphatic carbocycles. The van der Waals surface area contributed by atoms with Crippen molar-refractivity contribution in [1.82, 2.24) is 0 Å². The van der Waals surface area contributed by atoms with E-state index in [4.69, 9.17) is 5.73 Å². The van der Waals surface area contributed by atoms with Crippen LogP contribution in [0.1, 0.15) is 31.4 Å². The summed E-state index contributed by atoms with van der Waals surface area (Å²) in [5.74, 6) is 0.634. The maximum Gasteiger partial charge on any atom is 0.0488 e. The smallest absolute Gasteiger partial charge is 0.0488 e. The van der Waals surface area contributed by atoms with Crippen LogP contribution in [0, 0.1) is 6.92 Å². The zero-order chi connectivity index (χ0) is 12.1. The van der Waals surface area contributed by atoms with Crippen LogP contribution >= 0.6 is 0 Å². The van der Waals surface area contributed by atoms with Gasteiger partial charge in [0.05, 0.1) is 0 Å². The van der Waals surface area contributed by atoms with E-state index in [1.165, 1.54) is 5.56 Å². The van der Waals surface area contributed by atoms with Gasteiger partial charge in [-0.15, -0.1) is 0 Å². The Hall–Kier alpha value is -0.670. The summed E-state index contributed by atoms with van der Waals surface area (Å²) >= 11 is 0. The molecule has 2 N–H and O–H groups in total. The molecule has 3 unspecified atom stereocenters. The minimum atomic E-state index is -0.825. The van der Waals surface area contributed by atoms with Gasteiger partial charge in [0.15, 0.2) is 0 Å². The fourth-order valence-electron chi connectivity index (χ4n) is 1.74. The molecule has 1 rings (SSSR count). The van der Waals surface area contributed by atoms with E-state index in [2.05, 4.69) is 19.1 Å². The molecule has 0 aliphatic heterocycles. The van der Waals surface area contributed by atoms with Crippen molar-refractivity contribution in [2.75, 3.05) is 0 Å². The molecule has 0 bridgehead atoms. The Morgan fingerprint density at radius 3 is 2.62 bits per heavy atom. The van der Waals surface area contributed by atoms with Crippen LogP contribution in [0.2, 0.25) is 0 Å². The van der Waals surface area contributed by atoms with Crippen LogP contribution in [0.25, 0.3) is 0 Å². The van der Waals surface area contributed by atoms with Gasteiger partial charge in [0, 0.05) is 27.8 Å². The molecule has 0 saturated heterocycles. The molecule has 90 valence electrons. The van der Waals surface area contributed by atoms with E-state index in [0.29, 0.717) is 5.75 Å². The van der Waals surface area contributed by atoms with Crippen LogP contribution in [-0.2, 0) is 16.6 Å². The summed E-state index contributed by atoms with van der Waals surface area (Å²) in [6.07, 6.45) is 0.818. The molecule has 0 aromatic heterocycles. The van der Waals surface area contributed by atoms with Crippen LogP contribution in [0.4, 0.5) is 0 Å². The van der Waals surface area contributed by atoms with Gasteiger partial charge in [-0.25, -0.2) is 0 Å². The molecule has 0 spiro atoms. The predicted molar refractivity (Wildman–Crippen MR) is 70.8 cm³/mol. The minimum absolute atomic E-state index is 0.122. The summed E-state index contributed by atoms with van der Waals surface area (Å²) in [6.45, 7) is 6.02. The third-order valence-corrected chi connectivity index (χ3v) is 4.25. The quantitative estimate of drug-likeness (QED) is 0.857. The highest BCUT2D eigenvalue weighted by Gasteiger charge is 2.13. The van der Waals surface area contributed by atoms with E-state index in [9.17, 15) is 4.21 Å². The maximum absolute atomic E-state index is 12.0. The highest BCUT2D eigenvalue weighted by Crippen LogP contribution is 2.12. The van der Waals surface area contributed by atoms with E-state index in [0.717, 1.165) is 12.0 Å². The number of aryl methyl sites for hydroxylation is 1. The lowest BCUT2D eigenvalue weighted by molar-refractivity contribution is 0.628. The lowest BCUT2D eigenvalue weighted by Crippen LogP contribution is -2.24. The molecule has 3 heteroatoms. The van der Waals surface area contributed by atoms with Crippen molar-refractivity contribution in [2.45, 2.75) is 44.2 Å². The molecule has 0 fully saturated rings. The molecule has 0 aliphatic rings. The summed E-state index contributed by atoms with van der Waals surface area (Å²) in [7, 11) is -0.825. The molecule has 0 amide bonds. The Balaban J connectivity index is 2.57. The summed E-state index contributed by atoms with van der Waals surface area (Å²) in [6, 6.07) is 8.31. The van der Waals surface area contributed by atoms with Crippen molar-refractivity contribution in [2.24, 2.45) is 5.73 Å². The van der Waals surface area contributed by atoms with Gasteiger partial charge >= 0.3 is 0 Å². The average molecular weight is 239 g/mol. The molecule has 0 radical (unpaired) electrons. The molecule has 16 heavy (non-hydrogen) atoms. The van der Waals surface area contributed by atoms with Crippen molar-refractivity contribution in [3.05, 3.63) is 35.4 Å².